The first-order valence-corrected chi connectivity index (χ1v) is 11.1. The van der Waals surface area contributed by atoms with Gasteiger partial charge < -0.3 is 20.3 Å². The number of pyridine rings is 1. The summed E-state index contributed by atoms with van der Waals surface area (Å²) in [4.78, 5) is 24.5. The van der Waals surface area contributed by atoms with Gasteiger partial charge in [-0.1, -0.05) is 12.1 Å². The van der Waals surface area contributed by atoms with E-state index in [1.54, 1.807) is 21.5 Å². The van der Waals surface area contributed by atoms with Gasteiger partial charge >= 0.3 is 5.97 Å². The predicted molar refractivity (Wildman–Crippen MR) is 127 cm³/mol. The lowest BCUT2D eigenvalue weighted by molar-refractivity contribution is 0.0695. The molecule has 3 N–H and O–H groups in total. The quantitative estimate of drug-likeness (QED) is 0.391. The molecule has 0 bridgehead atoms. The molecule has 1 fully saturated rings. The largest absolute Gasteiger partial charge is 0.477 e. The van der Waals surface area contributed by atoms with E-state index in [0.717, 1.165) is 36.8 Å². The number of nitrogens with one attached hydrogen (secondary N) is 2. The molecule has 1 atom stereocenters. The van der Waals surface area contributed by atoms with Gasteiger partial charge in [0.2, 0.25) is 5.43 Å². The van der Waals surface area contributed by atoms with Crippen LogP contribution in [0.4, 0.5) is 10.1 Å². The summed E-state index contributed by atoms with van der Waals surface area (Å²) in [6.45, 7) is 2.75. The van der Waals surface area contributed by atoms with Gasteiger partial charge in [-0.15, -0.1) is 0 Å². The van der Waals surface area contributed by atoms with E-state index in [1.165, 1.54) is 6.20 Å². The molecule has 34 heavy (non-hydrogen) atoms. The smallest absolute Gasteiger partial charge is 0.341 e. The third-order valence-corrected chi connectivity index (χ3v) is 6.20. The van der Waals surface area contributed by atoms with Gasteiger partial charge in [-0.3, -0.25) is 4.79 Å². The molecule has 2 aromatic carbocycles. The fraction of sp³-hybridized carbons (Fsp3) is 0.240. The Morgan fingerprint density at radius 2 is 2.09 bits per heavy atom. The Kier molecular flexibility index (Phi) is 5.85. The van der Waals surface area contributed by atoms with Crippen molar-refractivity contribution in [3.8, 4) is 5.69 Å². The molecule has 1 saturated heterocycles. The summed E-state index contributed by atoms with van der Waals surface area (Å²) < 4.78 is 18.3. The lowest BCUT2D eigenvalue weighted by Gasteiger charge is -2.16. The number of hydrogen-bond donors (Lipinski definition) is 3. The van der Waals surface area contributed by atoms with Crippen molar-refractivity contribution in [2.75, 3.05) is 25.0 Å². The summed E-state index contributed by atoms with van der Waals surface area (Å²) in [5.74, 6) is -1.51. The normalized spacial score (nSPS) is 15.6. The van der Waals surface area contributed by atoms with Crippen LogP contribution >= 0.6 is 0 Å². The van der Waals surface area contributed by atoms with Crippen molar-refractivity contribution in [2.45, 2.75) is 13.0 Å². The summed E-state index contributed by atoms with van der Waals surface area (Å²) in [5, 5.41) is 20.3. The van der Waals surface area contributed by atoms with Crippen LogP contribution in [0.15, 0.2) is 65.8 Å². The molecular formula is C25H24FN5O3. The van der Waals surface area contributed by atoms with Crippen LogP contribution in [0.1, 0.15) is 22.3 Å². The molecule has 3 heterocycles. The summed E-state index contributed by atoms with van der Waals surface area (Å²) in [7, 11) is 0. The first kappa shape index (κ1) is 21.8. The van der Waals surface area contributed by atoms with Crippen molar-refractivity contribution in [1.82, 2.24) is 19.7 Å². The number of halogens is 1. The summed E-state index contributed by atoms with van der Waals surface area (Å²) in [6.07, 6.45) is 5.89. The predicted octanol–water partition coefficient (Wildman–Crippen LogP) is 3.09. The van der Waals surface area contributed by atoms with E-state index < -0.39 is 22.8 Å². The van der Waals surface area contributed by atoms with Crippen molar-refractivity contribution < 1.29 is 14.3 Å². The molecule has 4 aromatic rings. The van der Waals surface area contributed by atoms with Gasteiger partial charge in [-0.2, -0.15) is 5.10 Å². The third kappa shape index (κ3) is 4.29. The maximum absolute atomic E-state index is 14.9. The van der Waals surface area contributed by atoms with E-state index in [4.69, 9.17) is 0 Å². The van der Waals surface area contributed by atoms with E-state index in [1.807, 2.05) is 36.5 Å². The molecule has 5 rings (SSSR count). The molecule has 1 aliphatic heterocycles. The molecular weight excluding hydrogens is 437 g/mol. The van der Waals surface area contributed by atoms with Crippen LogP contribution in [0.5, 0.6) is 0 Å². The van der Waals surface area contributed by atoms with Gasteiger partial charge in [0.05, 0.1) is 16.9 Å². The monoisotopic (exact) mass is 461 g/mol. The van der Waals surface area contributed by atoms with Crippen molar-refractivity contribution in [3.05, 3.63) is 88.2 Å². The topological polar surface area (TPSA) is 101 Å². The minimum Gasteiger partial charge on any atom is -0.477 e. The van der Waals surface area contributed by atoms with Crippen LogP contribution in [0, 0.1) is 11.7 Å². The Bertz CT molecular complexity index is 1390. The molecule has 8 nitrogen and oxygen atoms in total. The summed E-state index contributed by atoms with van der Waals surface area (Å²) in [5.41, 5.74) is 1.47. The second-order valence-corrected chi connectivity index (χ2v) is 8.51. The van der Waals surface area contributed by atoms with Crippen molar-refractivity contribution in [1.29, 1.82) is 0 Å². The Morgan fingerprint density at radius 3 is 2.76 bits per heavy atom. The Morgan fingerprint density at radius 1 is 1.26 bits per heavy atom. The van der Waals surface area contributed by atoms with Crippen molar-refractivity contribution >= 4 is 22.6 Å². The number of hydrogen-bond acceptors (Lipinski definition) is 5. The number of carboxylic acid groups (broad SMARTS) is 1. The van der Waals surface area contributed by atoms with E-state index in [-0.39, 0.29) is 5.39 Å². The molecule has 0 spiro atoms. The van der Waals surface area contributed by atoms with Crippen molar-refractivity contribution in [2.24, 2.45) is 5.92 Å². The van der Waals surface area contributed by atoms with E-state index in [2.05, 4.69) is 15.7 Å². The van der Waals surface area contributed by atoms with Gasteiger partial charge in [0.1, 0.15) is 11.4 Å². The Balaban J connectivity index is 1.52. The molecule has 0 radical (unpaired) electrons. The molecule has 0 unspecified atom stereocenters. The zero-order valence-corrected chi connectivity index (χ0v) is 18.4. The van der Waals surface area contributed by atoms with Gasteiger partial charge in [0.25, 0.3) is 0 Å². The summed E-state index contributed by atoms with van der Waals surface area (Å²) >= 11 is 0. The lowest BCUT2D eigenvalue weighted by Crippen LogP contribution is -2.21. The second kappa shape index (κ2) is 9.11. The number of benzene rings is 2. The number of fused-ring (bicyclic) bond motifs is 1. The SMILES string of the molecule is O=C(O)c1cn(Cc2ccc(-n3cccn3)cc2)c2cc(NC[C@@H]3CCNC3)c(F)cc2c1=O. The molecule has 2 aromatic heterocycles. The number of anilines is 1. The average molecular weight is 461 g/mol. The van der Waals surface area contributed by atoms with Gasteiger partial charge in [0, 0.05) is 37.1 Å². The Labute approximate surface area is 194 Å². The summed E-state index contributed by atoms with van der Waals surface area (Å²) in [6, 6.07) is 12.2. The van der Waals surface area contributed by atoms with Gasteiger partial charge in [0.15, 0.2) is 0 Å². The van der Waals surface area contributed by atoms with E-state index >= 15 is 0 Å². The third-order valence-electron chi connectivity index (χ3n) is 6.20. The van der Waals surface area contributed by atoms with Crippen LogP contribution in [0.2, 0.25) is 0 Å². The standard InChI is InChI=1S/C25H24FN5O3/c26-21-10-19-23(11-22(21)28-13-17-6-8-27-12-17)30(15-20(24(19)32)25(33)34)14-16-2-4-18(5-3-16)31-9-1-7-29-31/h1-5,7,9-11,15,17,27-28H,6,8,12-14H2,(H,33,34)/t17-/m1/s1. The number of rotatable bonds is 7. The van der Waals surface area contributed by atoms with E-state index in [9.17, 15) is 19.1 Å². The zero-order valence-electron chi connectivity index (χ0n) is 18.4. The highest BCUT2D eigenvalue weighted by Crippen LogP contribution is 2.24. The average Bonchev–Trinajstić information content (AvgIpc) is 3.55. The minimum absolute atomic E-state index is 0.0404. The van der Waals surface area contributed by atoms with Crippen LogP contribution in [0.3, 0.4) is 0 Å². The molecule has 1 aliphatic rings. The Hall–Kier alpha value is -3.98. The highest BCUT2D eigenvalue weighted by Gasteiger charge is 2.19. The first-order valence-electron chi connectivity index (χ1n) is 11.1. The maximum Gasteiger partial charge on any atom is 0.341 e. The number of nitrogens with zero attached hydrogens (tertiary/aromatic N) is 3. The van der Waals surface area contributed by atoms with Crippen LogP contribution in [-0.4, -0.2) is 45.1 Å². The minimum atomic E-state index is -1.34. The van der Waals surface area contributed by atoms with Gasteiger partial charge in [-0.25, -0.2) is 13.9 Å². The van der Waals surface area contributed by atoms with Crippen LogP contribution < -0.4 is 16.1 Å². The highest BCUT2D eigenvalue weighted by atomic mass is 19.1. The molecule has 0 saturated carbocycles. The number of aromatic nitrogens is 3. The van der Waals surface area contributed by atoms with E-state index in [0.29, 0.717) is 30.2 Å². The fourth-order valence-corrected chi connectivity index (χ4v) is 4.34. The zero-order chi connectivity index (χ0) is 23.7. The fourth-order valence-electron chi connectivity index (χ4n) is 4.34. The molecule has 0 amide bonds. The number of aromatic carboxylic acids is 1. The number of carboxylic acids is 1. The number of carbonyl (C=O) groups is 1. The molecule has 9 heteroatoms. The highest BCUT2D eigenvalue weighted by molar-refractivity contribution is 5.93. The second-order valence-electron chi connectivity index (χ2n) is 8.51. The van der Waals surface area contributed by atoms with Crippen LogP contribution in [-0.2, 0) is 6.54 Å². The first-order chi connectivity index (χ1) is 16.5. The van der Waals surface area contributed by atoms with Gasteiger partial charge in [-0.05, 0) is 61.3 Å². The lowest BCUT2D eigenvalue weighted by atomic mass is 10.1. The van der Waals surface area contributed by atoms with Crippen LogP contribution in [0.25, 0.3) is 16.6 Å². The molecule has 174 valence electrons. The van der Waals surface area contributed by atoms with Crippen molar-refractivity contribution in [3.63, 3.8) is 0 Å². The molecule has 0 aliphatic carbocycles. The maximum atomic E-state index is 14.9.